The lowest BCUT2D eigenvalue weighted by atomic mass is 9.84. The summed E-state index contributed by atoms with van der Waals surface area (Å²) in [6, 6.07) is 5.58. The Balaban J connectivity index is 2.00. The van der Waals surface area contributed by atoms with Crippen LogP contribution in [-0.4, -0.2) is 55.9 Å². The molecule has 1 aromatic carbocycles. The van der Waals surface area contributed by atoms with Crippen LogP contribution in [0.15, 0.2) is 18.2 Å². The number of nitrogens with one attached hydrogen (secondary N) is 1. The van der Waals surface area contributed by atoms with E-state index in [9.17, 15) is 9.90 Å². The van der Waals surface area contributed by atoms with E-state index in [1.807, 2.05) is 0 Å². The van der Waals surface area contributed by atoms with Crippen LogP contribution < -0.4 is 14.8 Å². The summed E-state index contributed by atoms with van der Waals surface area (Å²) in [6.07, 6.45) is 6.24. The number of hydrogen-bond acceptors (Lipinski definition) is 5. The number of carbonyl (C=O) groups is 1. The molecule has 2 N–H and O–H groups in total. The van der Waals surface area contributed by atoms with Crippen molar-refractivity contribution in [1.29, 1.82) is 0 Å². The molecular weight excluding hydrogens is 332 g/mol. The van der Waals surface area contributed by atoms with Gasteiger partial charge in [0.05, 0.1) is 27.4 Å². The van der Waals surface area contributed by atoms with Crippen LogP contribution in [0.5, 0.6) is 11.5 Å². The minimum Gasteiger partial charge on any atom is -0.497 e. The fraction of sp³-hybridized carbons (Fsp3) is 0.650. The van der Waals surface area contributed by atoms with Crippen LogP contribution in [0.3, 0.4) is 0 Å². The van der Waals surface area contributed by atoms with Gasteiger partial charge >= 0.3 is 0 Å². The van der Waals surface area contributed by atoms with Crippen molar-refractivity contribution in [3.05, 3.63) is 18.2 Å². The Morgan fingerprint density at radius 2 is 1.81 bits per heavy atom. The summed E-state index contributed by atoms with van der Waals surface area (Å²) in [7, 11) is 3.16. The summed E-state index contributed by atoms with van der Waals surface area (Å²) in [5.41, 5.74) is 0.639. The molecule has 1 unspecified atom stereocenters. The number of aliphatic hydroxyl groups excluding tert-OH is 1. The Bertz CT molecular complexity index is 551. The Labute approximate surface area is 156 Å². The summed E-state index contributed by atoms with van der Waals surface area (Å²) in [5, 5.41) is 12.3. The van der Waals surface area contributed by atoms with Crippen LogP contribution in [0.4, 0.5) is 5.69 Å². The van der Waals surface area contributed by atoms with Gasteiger partial charge in [-0.15, -0.1) is 0 Å². The van der Waals surface area contributed by atoms with Crippen molar-refractivity contribution in [2.45, 2.75) is 45.1 Å². The third-order valence-corrected chi connectivity index (χ3v) is 5.28. The molecule has 0 bridgehead atoms. The predicted molar refractivity (Wildman–Crippen MR) is 103 cm³/mol. The molecule has 2 rings (SSSR count). The lowest BCUT2D eigenvalue weighted by Crippen LogP contribution is -2.45. The van der Waals surface area contributed by atoms with Gasteiger partial charge in [-0.1, -0.05) is 19.3 Å². The van der Waals surface area contributed by atoms with Crippen molar-refractivity contribution in [2.75, 3.05) is 39.2 Å². The molecule has 6 heteroatoms. The molecule has 0 saturated heterocycles. The highest BCUT2D eigenvalue weighted by Crippen LogP contribution is 2.29. The molecule has 1 aliphatic rings. The number of anilines is 1. The van der Waals surface area contributed by atoms with E-state index in [-0.39, 0.29) is 25.1 Å². The second-order valence-electron chi connectivity index (χ2n) is 6.98. The highest BCUT2D eigenvalue weighted by Gasteiger charge is 2.26. The van der Waals surface area contributed by atoms with E-state index in [4.69, 9.17) is 9.47 Å². The average molecular weight is 364 g/mol. The largest absolute Gasteiger partial charge is 0.497 e. The van der Waals surface area contributed by atoms with Gasteiger partial charge in [-0.25, -0.2) is 0 Å². The van der Waals surface area contributed by atoms with E-state index in [2.05, 4.69) is 17.1 Å². The van der Waals surface area contributed by atoms with Gasteiger partial charge < -0.3 is 19.9 Å². The summed E-state index contributed by atoms with van der Waals surface area (Å²) in [6.45, 7) is 3.00. The zero-order chi connectivity index (χ0) is 18.9. The van der Waals surface area contributed by atoms with Gasteiger partial charge in [-0.05, 0) is 25.7 Å². The first kappa shape index (κ1) is 20.5. The Morgan fingerprint density at radius 3 is 2.35 bits per heavy atom. The van der Waals surface area contributed by atoms with Crippen LogP contribution >= 0.6 is 0 Å². The van der Waals surface area contributed by atoms with Crippen molar-refractivity contribution < 1.29 is 19.4 Å². The predicted octanol–water partition coefficient (Wildman–Crippen LogP) is 2.91. The minimum absolute atomic E-state index is 0.0529. The van der Waals surface area contributed by atoms with Crippen LogP contribution in [0.2, 0.25) is 0 Å². The fourth-order valence-electron chi connectivity index (χ4n) is 3.73. The smallest absolute Gasteiger partial charge is 0.238 e. The highest BCUT2D eigenvalue weighted by atomic mass is 16.5. The van der Waals surface area contributed by atoms with E-state index in [1.165, 1.54) is 32.1 Å². The molecule has 1 aliphatic carbocycles. The number of methoxy groups -OCH3 is 2. The second kappa shape index (κ2) is 10.4. The molecule has 6 nitrogen and oxygen atoms in total. The van der Waals surface area contributed by atoms with E-state index in [1.54, 1.807) is 32.4 Å². The maximum Gasteiger partial charge on any atom is 0.238 e. The SMILES string of the molecule is COc1cc(NC(=O)CN(CCO)C(C)C2CCCCC2)cc(OC)c1. The summed E-state index contributed by atoms with van der Waals surface area (Å²) in [5.74, 6) is 1.75. The van der Waals surface area contributed by atoms with Crippen molar-refractivity contribution in [2.24, 2.45) is 5.92 Å². The van der Waals surface area contributed by atoms with Gasteiger partial charge in [-0.2, -0.15) is 0 Å². The number of rotatable bonds is 9. The zero-order valence-corrected chi connectivity index (χ0v) is 16.2. The third-order valence-electron chi connectivity index (χ3n) is 5.28. The lowest BCUT2D eigenvalue weighted by molar-refractivity contribution is -0.118. The quantitative estimate of drug-likeness (QED) is 0.705. The number of aliphatic hydroxyl groups is 1. The number of hydrogen-bond donors (Lipinski definition) is 2. The molecular formula is C20H32N2O4. The van der Waals surface area contributed by atoms with Crippen LogP contribution in [0.25, 0.3) is 0 Å². The Hall–Kier alpha value is -1.79. The summed E-state index contributed by atoms with van der Waals surface area (Å²) >= 11 is 0. The molecule has 1 amide bonds. The molecule has 1 fully saturated rings. The van der Waals surface area contributed by atoms with E-state index in [0.29, 0.717) is 29.6 Å². The number of benzene rings is 1. The molecule has 146 valence electrons. The minimum atomic E-state index is -0.101. The number of amides is 1. The van der Waals surface area contributed by atoms with Gasteiger partial charge in [0, 0.05) is 36.5 Å². The summed E-state index contributed by atoms with van der Waals surface area (Å²) in [4.78, 5) is 14.7. The first-order valence-electron chi connectivity index (χ1n) is 9.45. The monoisotopic (exact) mass is 364 g/mol. The molecule has 0 spiro atoms. The zero-order valence-electron chi connectivity index (χ0n) is 16.2. The summed E-state index contributed by atoms with van der Waals surface area (Å²) < 4.78 is 10.5. The third kappa shape index (κ3) is 5.88. The highest BCUT2D eigenvalue weighted by molar-refractivity contribution is 5.92. The van der Waals surface area contributed by atoms with Crippen molar-refractivity contribution in [1.82, 2.24) is 4.90 Å². The fourth-order valence-corrected chi connectivity index (χ4v) is 3.73. The Morgan fingerprint density at radius 1 is 1.19 bits per heavy atom. The molecule has 0 aromatic heterocycles. The molecule has 26 heavy (non-hydrogen) atoms. The molecule has 0 aliphatic heterocycles. The first-order chi connectivity index (χ1) is 12.6. The van der Waals surface area contributed by atoms with Crippen molar-refractivity contribution in [3.8, 4) is 11.5 Å². The molecule has 1 saturated carbocycles. The first-order valence-corrected chi connectivity index (χ1v) is 9.45. The molecule has 1 atom stereocenters. The van der Waals surface area contributed by atoms with Gasteiger partial charge in [0.15, 0.2) is 0 Å². The number of ether oxygens (including phenoxy) is 2. The van der Waals surface area contributed by atoms with Crippen molar-refractivity contribution >= 4 is 11.6 Å². The van der Waals surface area contributed by atoms with Crippen LogP contribution in [0, 0.1) is 5.92 Å². The molecule has 0 radical (unpaired) electrons. The van der Waals surface area contributed by atoms with Gasteiger partial charge in [-0.3, -0.25) is 9.69 Å². The van der Waals surface area contributed by atoms with E-state index >= 15 is 0 Å². The maximum atomic E-state index is 12.6. The van der Waals surface area contributed by atoms with Crippen LogP contribution in [-0.2, 0) is 4.79 Å². The van der Waals surface area contributed by atoms with Gasteiger partial charge in [0.1, 0.15) is 11.5 Å². The topological polar surface area (TPSA) is 71.0 Å². The Kier molecular flexibility index (Phi) is 8.19. The normalized spacial score (nSPS) is 16.3. The van der Waals surface area contributed by atoms with E-state index in [0.717, 1.165) is 0 Å². The van der Waals surface area contributed by atoms with Gasteiger partial charge in [0.25, 0.3) is 0 Å². The molecule has 1 aromatic rings. The second-order valence-corrected chi connectivity index (χ2v) is 6.98. The standard InChI is InChI=1S/C20H32N2O4/c1-15(16-7-5-4-6-8-16)22(9-10-23)14-20(24)21-17-11-18(25-2)13-19(12-17)26-3/h11-13,15-16,23H,4-10,14H2,1-3H3,(H,21,24). The van der Waals surface area contributed by atoms with Crippen molar-refractivity contribution in [3.63, 3.8) is 0 Å². The van der Waals surface area contributed by atoms with Crippen LogP contribution in [0.1, 0.15) is 39.0 Å². The van der Waals surface area contributed by atoms with Gasteiger partial charge in [0.2, 0.25) is 5.91 Å². The average Bonchev–Trinajstić information content (AvgIpc) is 2.67. The number of carbonyl (C=O) groups excluding carboxylic acids is 1. The van der Waals surface area contributed by atoms with E-state index < -0.39 is 0 Å². The lowest BCUT2D eigenvalue weighted by Gasteiger charge is -2.36. The maximum absolute atomic E-state index is 12.6. The number of nitrogens with zero attached hydrogens (tertiary/aromatic N) is 1. The molecule has 0 heterocycles.